The van der Waals surface area contributed by atoms with Crippen LogP contribution >= 0.6 is 0 Å². The first-order valence-corrected chi connectivity index (χ1v) is 15.0. The Morgan fingerprint density at radius 3 is 2.43 bits per heavy atom. The Kier molecular flexibility index (Phi) is 8.56. The molecule has 230 valence electrons. The highest BCUT2D eigenvalue weighted by Gasteiger charge is 2.52. The van der Waals surface area contributed by atoms with E-state index in [0.717, 1.165) is 16.7 Å². The third-order valence-corrected chi connectivity index (χ3v) is 8.18. The number of nitrogens with zero attached hydrogens (tertiary/aromatic N) is 4. The molecule has 44 heavy (non-hydrogen) atoms. The van der Waals surface area contributed by atoms with Gasteiger partial charge in [-0.1, -0.05) is 55.5 Å². The number of ether oxygens (including phenoxy) is 2. The summed E-state index contributed by atoms with van der Waals surface area (Å²) in [5, 5.41) is 16.2. The van der Waals surface area contributed by atoms with Gasteiger partial charge in [0.15, 0.2) is 11.5 Å². The SMILES string of the molecule is CCCN(C(=O)NCc1ccccc1)N1CC(=O)N2[C@@H](Cc3ccc(O)cc3)C(=O)N(Cc3ccc4c(c3)OCCO4)C[C@@H]21. The van der Waals surface area contributed by atoms with Gasteiger partial charge in [0, 0.05) is 26.1 Å². The zero-order chi connectivity index (χ0) is 30.6. The summed E-state index contributed by atoms with van der Waals surface area (Å²) in [6.45, 7) is 4.23. The number of rotatable bonds is 9. The van der Waals surface area contributed by atoms with Crippen molar-refractivity contribution < 1.29 is 29.0 Å². The van der Waals surface area contributed by atoms with Crippen LogP contribution in [0.4, 0.5) is 4.79 Å². The number of piperazine rings is 1. The van der Waals surface area contributed by atoms with Crippen LogP contribution < -0.4 is 14.8 Å². The number of aromatic hydroxyl groups is 1. The number of benzene rings is 3. The highest BCUT2D eigenvalue weighted by atomic mass is 16.6. The maximum absolute atomic E-state index is 14.1. The smallest absolute Gasteiger partial charge is 0.332 e. The minimum atomic E-state index is -0.774. The molecule has 0 bridgehead atoms. The Labute approximate surface area is 256 Å². The average molecular weight is 600 g/mol. The minimum absolute atomic E-state index is 0.0132. The third kappa shape index (κ3) is 6.14. The fourth-order valence-electron chi connectivity index (χ4n) is 6.08. The number of hydrazine groups is 1. The number of hydrogen-bond donors (Lipinski definition) is 2. The van der Waals surface area contributed by atoms with E-state index in [9.17, 15) is 19.5 Å². The zero-order valence-corrected chi connectivity index (χ0v) is 24.7. The number of hydrogen-bond acceptors (Lipinski definition) is 7. The van der Waals surface area contributed by atoms with Crippen LogP contribution in [0.5, 0.6) is 17.2 Å². The molecule has 0 aromatic heterocycles. The predicted octanol–water partition coefficient (Wildman–Crippen LogP) is 3.12. The van der Waals surface area contributed by atoms with E-state index in [1.807, 2.05) is 55.5 Å². The van der Waals surface area contributed by atoms with Crippen molar-refractivity contribution in [3.8, 4) is 17.2 Å². The topological polar surface area (TPSA) is 115 Å². The van der Waals surface area contributed by atoms with E-state index in [2.05, 4.69) is 5.32 Å². The molecule has 3 aromatic carbocycles. The molecule has 0 saturated carbocycles. The quantitative estimate of drug-likeness (QED) is 0.389. The summed E-state index contributed by atoms with van der Waals surface area (Å²) in [5.74, 6) is 1.06. The molecular formula is C33H37N5O6. The number of carbonyl (C=O) groups excluding carboxylic acids is 3. The number of carbonyl (C=O) groups is 3. The standard InChI is InChI=1S/C33H37N5O6/c1-2-14-36(33(42)34-19-24-6-4-3-5-7-24)37-22-31(40)38-27(17-23-8-11-26(39)12-9-23)32(41)35(21-30(37)38)20-25-10-13-28-29(18-25)44-16-15-43-28/h3-13,18,27,30,39H,2,14-17,19-22H2,1H3,(H,34,42)/t27-,30+/m0/s1. The lowest BCUT2D eigenvalue weighted by molar-refractivity contribution is -0.157. The molecule has 4 amide bonds. The predicted molar refractivity (Wildman–Crippen MR) is 161 cm³/mol. The molecule has 3 aromatic rings. The van der Waals surface area contributed by atoms with Crippen molar-refractivity contribution in [1.29, 1.82) is 0 Å². The zero-order valence-electron chi connectivity index (χ0n) is 24.7. The van der Waals surface area contributed by atoms with Crippen molar-refractivity contribution >= 4 is 17.8 Å². The van der Waals surface area contributed by atoms with Gasteiger partial charge in [-0.2, -0.15) is 5.01 Å². The fourth-order valence-corrected chi connectivity index (χ4v) is 6.08. The highest BCUT2D eigenvalue weighted by molar-refractivity contribution is 5.91. The summed E-state index contributed by atoms with van der Waals surface area (Å²) in [4.78, 5) is 44.7. The van der Waals surface area contributed by atoms with Gasteiger partial charge >= 0.3 is 6.03 Å². The van der Waals surface area contributed by atoms with Crippen molar-refractivity contribution in [2.45, 2.75) is 45.1 Å². The number of phenols is 1. The van der Waals surface area contributed by atoms with Gasteiger partial charge in [0.25, 0.3) is 0 Å². The Bertz CT molecular complexity index is 1500. The lowest BCUT2D eigenvalue weighted by Crippen LogP contribution is -2.66. The first kappa shape index (κ1) is 29.3. The molecule has 3 heterocycles. The molecule has 2 saturated heterocycles. The Morgan fingerprint density at radius 2 is 1.68 bits per heavy atom. The van der Waals surface area contributed by atoms with Crippen molar-refractivity contribution in [2.75, 3.05) is 32.8 Å². The summed E-state index contributed by atoms with van der Waals surface area (Å²) in [6.07, 6.45) is 0.432. The molecule has 0 spiro atoms. The van der Waals surface area contributed by atoms with Crippen molar-refractivity contribution in [2.24, 2.45) is 0 Å². The first-order chi connectivity index (χ1) is 21.4. The summed E-state index contributed by atoms with van der Waals surface area (Å²) in [7, 11) is 0. The van der Waals surface area contributed by atoms with Gasteiger partial charge < -0.3 is 29.7 Å². The van der Waals surface area contributed by atoms with Crippen molar-refractivity contribution in [3.05, 3.63) is 89.5 Å². The van der Waals surface area contributed by atoms with Crippen LogP contribution in [0.1, 0.15) is 30.0 Å². The molecule has 3 aliphatic rings. The Hall–Kier alpha value is -4.77. The molecular weight excluding hydrogens is 562 g/mol. The van der Waals surface area contributed by atoms with Gasteiger partial charge in [0.2, 0.25) is 11.8 Å². The van der Waals surface area contributed by atoms with E-state index in [0.29, 0.717) is 50.8 Å². The van der Waals surface area contributed by atoms with E-state index < -0.39 is 12.2 Å². The molecule has 6 rings (SSSR count). The van der Waals surface area contributed by atoms with Crippen molar-refractivity contribution in [3.63, 3.8) is 0 Å². The number of phenolic OH excluding ortho intramolecular Hbond substituents is 1. The lowest BCUT2D eigenvalue weighted by Gasteiger charge is -2.46. The molecule has 11 nitrogen and oxygen atoms in total. The van der Waals surface area contributed by atoms with Crippen LogP contribution in [-0.2, 0) is 29.1 Å². The van der Waals surface area contributed by atoms with Crippen LogP contribution in [0, 0.1) is 0 Å². The summed E-state index contributed by atoms with van der Waals surface area (Å²) in [6, 6.07) is 20.9. The van der Waals surface area contributed by atoms with Crippen molar-refractivity contribution in [1.82, 2.24) is 25.1 Å². The maximum atomic E-state index is 14.1. The number of nitrogens with one attached hydrogen (secondary N) is 1. The number of amides is 4. The molecule has 0 aliphatic carbocycles. The van der Waals surface area contributed by atoms with Crippen LogP contribution in [0.3, 0.4) is 0 Å². The third-order valence-electron chi connectivity index (χ3n) is 8.18. The van der Waals surface area contributed by atoms with Crippen LogP contribution in [-0.4, -0.2) is 87.8 Å². The Balaban J connectivity index is 1.28. The highest BCUT2D eigenvalue weighted by Crippen LogP contribution is 2.34. The summed E-state index contributed by atoms with van der Waals surface area (Å²) in [5.41, 5.74) is 2.67. The van der Waals surface area contributed by atoms with Gasteiger partial charge in [0.05, 0.1) is 13.1 Å². The van der Waals surface area contributed by atoms with Gasteiger partial charge in [-0.3, -0.25) is 14.6 Å². The second-order valence-corrected chi connectivity index (χ2v) is 11.2. The second-order valence-electron chi connectivity index (χ2n) is 11.2. The van der Waals surface area contributed by atoms with Gasteiger partial charge in [0.1, 0.15) is 31.2 Å². The molecule has 2 N–H and O–H groups in total. The largest absolute Gasteiger partial charge is 0.508 e. The monoisotopic (exact) mass is 599 g/mol. The summed E-state index contributed by atoms with van der Waals surface area (Å²) >= 11 is 0. The molecule has 11 heteroatoms. The van der Waals surface area contributed by atoms with Crippen LogP contribution in [0.2, 0.25) is 0 Å². The molecule has 0 radical (unpaired) electrons. The molecule has 2 fully saturated rings. The van der Waals surface area contributed by atoms with E-state index >= 15 is 0 Å². The van der Waals surface area contributed by atoms with E-state index in [-0.39, 0.29) is 43.1 Å². The average Bonchev–Trinajstić information content (AvgIpc) is 3.37. The Morgan fingerprint density at radius 1 is 0.955 bits per heavy atom. The fraction of sp³-hybridized carbons (Fsp3) is 0.364. The first-order valence-electron chi connectivity index (χ1n) is 15.0. The normalized spacial score (nSPS) is 19.6. The van der Waals surface area contributed by atoms with Gasteiger partial charge in [-0.25, -0.2) is 4.79 Å². The van der Waals surface area contributed by atoms with Crippen LogP contribution in [0.15, 0.2) is 72.8 Å². The van der Waals surface area contributed by atoms with E-state index in [1.54, 1.807) is 44.1 Å². The number of urea groups is 1. The van der Waals surface area contributed by atoms with Gasteiger partial charge in [-0.05, 0) is 47.4 Å². The molecule has 2 atom stereocenters. The second kappa shape index (κ2) is 12.8. The molecule has 3 aliphatic heterocycles. The maximum Gasteiger partial charge on any atom is 0.332 e. The van der Waals surface area contributed by atoms with Gasteiger partial charge in [-0.15, -0.1) is 0 Å². The minimum Gasteiger partial charge on any atom is -0.508 e. The summed E-state index contributed by atoms with van der Waals surface area (Å²) < 4.78 is 11.4. The molecule has 0 unspecified atom stereocenters. The number of fused-ring (bicyclic) bond motifs is 2. The van der Waals surface area contributed by atoms with E-state index in [1.165, 1.54) is 0 Å². The van der Waals surface area contributed by atoms with Crippen LogP contribution in [0.25, 0.3) is 0 Å². The lowest BCUT2D eigenvalue weighted by atomic mass is 9.99. The van der Waals surface area contributed by atoms with E-state index in [4.69, 9.17) is 9.47 Å².